The van der Waals surface area contributed by atoms with Crippen LogP contribution in [-0.2, 0) is 13.1 Å². The summed E-state index contributed by atoms with van der Waals surface area (Å²) in [7, 11) is 1.64. The number of carbonyl (C=O) groups excluding carboxylic acids is 1. The summed E-state index contributed by atoms with van der Waals surface area (Å²) in [5, 5.41) is 10.8. The molecule has 1 amide bonds. The summed E-state index contributed by atoms with van der Waals surface area (Å²) in [5.74, 6) is 0.952. The zero-order valence-electron chi connectivity index (χ0n) is 12.3. The van der Waals surface area contributed by atoms with Crippen LogP contribution in [0.4, 0.5) is 0 Å². The summed E-state index contributed by atoms with van der Waals surface area (Å²) in [4.78, 5) is 29.5. The molecule has 2 rings (SSSR count). The van der Waals surface area contributed by atoms with Crippen LogP contribution in [0.3, 0.4) is 0 Å². The van der Waals surface area contributed by atoms with E-state index < -0.39 is 0 Å². The Hall–Kier alpha value is -2.51. The lowest BCUT2D eigenvalue weighted by atomic mass is 10.3. The number of nitrogens with one attached hydrogen (secondary N) is 1. The molecule has 1 N–H and O–H groups in total. The molecule has 2 aromatic rings. The summed E-state index contributed by atoms with van der Waals surface area (Å²) in [6.45, 7) is 4.50. The molecule has 8 heteroatoms. The zero-order valence-corrected chi connectivity index (χ0v) is 12.3. The fourth-order valence-corrected chi connectivity index (χ4v) is 1.87. The molecule has 0 fully saturated rings. The third kappa shape index (κ3) is 3.53. The molecule has 0 saturated heterocycles. The van der Waals surface area contributed by atoms with Crippen molar-refractivity contribution in [3.05, 3.63) is 39.8 Å². The summed E-state index contributed by atoms with van der Waals surface area (Å²) in [5.41, 5.74) is 0.0263. The normalized spacial score (nSPS) is 10.6. The van der Waals surface area contributed by atoms with Gasteiger partial charge in [0.1, 0.15) is 11.5 Å². The predicted octanol–water partition coefficient (Wildman–Crippen LogP) is 0.352. The topological polar surface area (TPSA) is 96.8 Å². The summed E-state index contributed by atoms with van der Waals surface area (Å²) >= 11 is 0. The molecule has 2 aromatic heterocycles. The minimum absolute atomic E-state index is 0.208. The highest BCUT2D eigenvalue weighted by Gasteiger charge is 2.16. The average molecular weight is 290 g/mol. The van der Waals surface area contributed by atoms with E-state index in [-0.39, 0.29) is 23.7 Å². The first-order chi connectivity index (χ1) is 10.0. The molecule has 0 radical (unpaired) electrons. The van der Waals surface area contributed by atoms with E-state index in [2.05, 4.69) is 20.3 Å². The van der Waals surface area contributed by atoms with Crippen molar-refractivity contribution in [1.29, 1.82) is 0 Å². The molecular formula is C13H18N6O2. The molecule has 0 bridgehead atoms. The van der Waals surface area contributed by atoms with Crippen molar-refractivity contribution >= 4 is 5.91 Å². The van der Waals surface area contributed by atoms with Gasteiger partial charge in [0, 0.05) is 19.7 Å². The number of H-pyrrole nitrogens is 1. The Balaban J connectivity index is 2.15. The Kier molecular flexibility index (Phi) is 4.46. The van der Waals surface area contributed by atoms with Crippen LogP contribution in [0, 0.1) is 6.92 Å². The van der Waals surface area contributed by atoms with E-state index in [0.29, 0.717) is 18.2 Å². The van der Waals surface area contributed by atoms with E-state index in [1.165, 1.54) is 21.7 Å². The van der Waals surface area contributed by atoms with Gasteiger partial charge >= 0.3 is 0 Å². The van der Waals surface area contributed by atoms with Crippen molar-refractivity contribution in [3.63, 3.8) is 0 Å². The lowest BCUT2D eigenvalue weighted by molar-refractivity contribution is 0.0773. The Bertz CT molecular complexity index is 690. The molecule has 2 heterocycles. The van der Waals surface area contributed by atoms with Gasteiger partial charge in [-0.2, -0.15) is 10.2 Å². The van der Waals surface area contributed by atoms with Gasteiger partial charge in [-0.05, 0) is 19.4 Å². The highest BCUT2D eigenvalue weighted by atomic mass is 16.2. The molecule has 112 valence electrons. The summed E-state index contributed by atoms with van der Waals surface area (Å²) in [6, 6.07) is 2.80. The quantitative estimate of drug-likeness (QED) is 0.857. The number of aromatic nitrogens is 5. The van der Waals surface area contributed by atoms with Gasteiger partial charge in [0.2, 0.25) is 0 Å². The minimum atomic E-state index is -0.276. The first-order valence-corrected chi connectivity index (χ1v) is 6.72. The first-order valence-electron chi connectivity index (χ1n) is 6.72. The first kappa shape index (κ1) is 14.9. The number of carbonyl (C=O) groups is 1. The molecule has 21 heavy (non-hydrogen) atoms. The number of aromatic amines is 1. The smallest absolute Gasteiger partial charge is 0.274 e. The standard InChI is InChI=1S/C13H18N6O2/c1-4-7-19-12(20)6-5-10(17-19)13(21)18(3)8-11-14-9(2)15-16-11/h5-6H,4,7-8H2,1-3H3,(H,14,15,16). The second kappa shape index (κ2) is 6.29. The molecule has 0 aliphatic carbocycles. The summed E-state index contributed by atoms with van der Waals surface area (Å²) in [6.07, 6.45) is 0.775. The Morgan fingerprint density at radius 2 is 2.19 bits per heavy atom. The number of hydrogen-bond acceptors (Lipinski definition) is 5. The van der Waals surface area contributed by atoms with Gasteiger partial charge < -0.3 is 4.90 Å². The minimum Gasteiger partial charge on any atom is -0.333 e. The number of hydrogen-bond donors (Lipinski definition) is 1. The largest absolute Gasteiger partial charge is 0.333 e. The van der Waals surface area contributed by atoms with E-state index in [1.54, 1.807) is 14.0 Å². The number of aryl methyl sites for hydroxylation is 2. The molecule has 0 spiro atoms. The average Bonchev–Trinajstić information content (AvgIpc) is 2.86. The van der Waals surface area contributed by atoms with Gasteiger partial charge in [-0.1, -0.05) is 6.92 Å². The predicted molar refractivity (Wildman–Crippen MR) is 75.7 cm³/mol. The van der Waals surface area contributed by atoms with E-state index in [1.807, 2.05) is 6.92 Å². The molecule has 0 aliphatic rings. The lowest BCUT2D eigenvalue weighted by Crippen LogP contribution is -2.31. The fourth-order valence-electron chi connectivity index (χ4n) is 1.87. The van der Waals surface area contributed by atoms with Crippen molar-refractivity contribution in [2.24, 2.45) is 0 Å². The SMILES string of the molecule is CCCn1nc(C(=O)N(C)Cc2n[nH]c(C)n2)ccc1=O. The zero-order chi connectivity index (χ0) is 15.4. The van der Waals surface area contributed by atoms with Crippen molar-refractivity contribution in [3.8, 4) is 0 Å². The maximum Gasteiger partial charge on any atom is 0.274 e. The second-order valence-corrected chi connectivity index (χ2v) is 4.78. The molecule has 8 nitrogen and oxygen atoms in total. The Morgan fingerprint density at radius 3 is 2.81 bits per heavy atom. The molecule has 0 saturated carbocycles. The van der Waals surface area contributed by atoms with Crippen LogP contribution in [0.15, 0.2) is 16.9 Å². The van der Waals surface area contributed by atoms with Crippen LogP contribution >= 0.6 is 0 Å². The molecule has 0 atom stereocenters. The number of amides is 1. The monoisotopic (exact) mass is 290 g/mol. The molecule has 0 unspecified atom stereocenters. The third-order valence-electron chi connectivity index (χ3n) is 2.89. The number of nitrogens with zero attached hydrogens (tertiary/aromatic N) is 5. The van der Waals surface area contributed by atoms with Gasteiger partial charge in [0.15, 0.2) is 5.82 Å². The van der Waals surface area contributed by atoms with Crippen molar-refractivity contribution in [2.45, 2.75) is 33.4 Å². The number of rotatable bonds is 5. The van der Waals surface area contributed by atoms with E-state index in [9.17, 15) is 9.59 Å². The second-order valence-electron chi connectivity index (χ2n) is 4.78. The van der Waals surface area contributed by atoms with Crippen LogP contribution < -0.4 is 5.56 Å². The van der Waals surface area contributed by atoms with Crippen LogP contribution in [0.25, 0.3) is 0 Å². The van der Waals surface area contributed by atoms with E-state index in [4.69, 9.17) is 0 Å². The van der Waals surface area contributed by atoms with Crippen molar-refractivity contribution in [2.75, 3.05) is 7.05 Å². The summed E-state index contributed by atoms with van der Waals surface area (Å²) < 4.78 is 1.30. The Morgan fingerprint density at radius 1 is 1.43 bits per heavy atom. The maximum atomic E-state index is 12.3. The van der Waals surface area contributed by atoms with Gasteiger partial charge in [0.25, 0.3) is 11.5 Å². The van der Waals surface area contributed by atoms with Crippen LogP contribution in [0.2, 0.25) is 0 Å². The highest BCUT2D eigenvalue weighted by molar-refractivity contribution is 5.91. The van der Waals surface area contributed by atoms with E-state index >= 15 is 0 Å². The van der Waals surface area contributed by atoms with Gasteiger partial charge in [-0.25, -0.2) is 9.67 Å². The lowest BCUT2D eigenvalue weighted by Gasteiger charge is -2.15. The maximum absolute atomic E-state index is 12.3. The van der Waals surface area contributed by atoms with Crippen molar-refractivity contribution in [1.82, 2.24) is 29.9 Å². The molecule has 0 aromatic carbocycles. The molecule has 0 aliphatic heterocycles. The van der Waals surface area contributed by atoms with E-state index in [0.717, 1.165) is 6.42 Å². The highest BCUT2D eigenvalue weighted by Crippen LogP contribution is 2.02. The fraction of sp³-hybridized carbons (Fsp3) is 0.462. The van der Waals surface area contributed by atoms with Crippen molar-refractivity contribution < 1.29 is 4.79 Å². The van der Waals surface area contributed by atoms with Gasteiger partial charge in [-0.3, -0.25) is 14.7 Å². The van der Waals surface area contributed by atoms with Crippen LogP contribution in [-0.4, -0.2) is 42.8 Å². The van der Waals surface area contributed by atoms with Gasteiger partial charge in [-0.15, -0.1) is 0 Å². The Labute approximate surface area is 121 Å². The van der Waals surface area contributed by atoms with Crippen LogP contribution in [0.5, 0.6) is 0 Å². The van der Waals surface area contributed by atoms with Crippen LogP contribution in [0.1, 0.15) is 35.5 Å². The molecular weight excluding hydrogens is 272 g/mol. The van der Waals surface area contributed by atoms with Gasteiger partial charge in [0.05, 0.1) is 6.54 Å². The third-order valence-corrected chi connectivity index (χ3v) is 2.89.